The molecule has 0 unspecified atom stereocenters. The van der Waals surface area contributed by atoms with Gasteiger partial charge in [0.2, 0.25) is 0 Å². The second-order valence-corrected chi connectivity index (χ2v) is 18.7. The van der Waals surface area contributed by atoms with E-state index in [1.54, 1.807) is 0 Å². The summed E-state index contributed by atoms with van der Waals surface area (Å²) in [5.74, 6) is 0. The van der Waals surface area contributed by atoms with Crippen LogP contribution in [0.1, 0.15) is 40.4 Å². The molecule has 0 saturated carbocycles. The van der Waals surface area contributed by atoms with Crippen LogP contribution in [-0.2, 0) is 5.41 Å². The Morgan fingerprint density at radius 3 is 1.85 bits per heavy atom. The summed E-state index contributed by atoms with van der Waals surface area (Å²) in [6, 6.07) is 72.1. The van der Waals surface area contributed by atoms with E-state index in [4.69, 9.17) is 4.98 Å². The molecule has 2 aliphatic rings. The van der Waals surface area contributed by atoms with Crippen LogP contribution in [0.5, 0.6) is 0 Å². The molecule has 3 heteroatoms. The topological polar surface area (TPSA) is 17.8 Å². The van der Waals surface area contributed by atoms with Gasteiger partial charge in [-0.2, -0.15) is 0 Å². The van der Waals surface area contributed by atoms with E-state index < -0.39 is 5.41 Å². The lowest BCUT2D eigenvalue weighted by Crippen LogP contribution is -2.25. The number of aromatic nitrogens is 2. The standard InChI is InChI=1S/C63H40N2S/c1-3-18-45-49-35-38(32-34-57(49)65(56(45)4-2)40-19-6-5-7-20-40)48-37-50-59(60-47-25-12-17-30-58(47)66-62(48)60)46-24-11-16-29-55(46)64-61(50)39-31-33-44-43-23-10-15-28-53(43)63(54(44)36-39)51-26-13-8-21-41(51)42-22-9-14-27-52(42)63/h3-37H,2H2,1H3/b18-3-. The molecule has 2 nitrogen and oxygen atoms in total. The summed E-state index contributed by atoms with van der Waals surface area (Å²) in [5, 5.41) is 7.32. The van der Waals surface area contributed by atoms with Crippen LogP contribution in [0.4, 0.5) is 0 Å². The molecule has 0 aliphatic heterocycles. The molecule has 12 aromatic rings. The van der Waals surface area contributed by atoms with E-state index in [1.165, 1.54) is 92.0 Å². The molecule has 66 heavy (non-hydrogen) atoms. The maximum Gasteiger partial charge on any atom is 0.0788 e. The van der Waals surface area contributed by atoms with Crippen LogP contribution in [0.25, 0.3) is 115 Å². The summed E-state index contributed by atoms with van der Waals surface area (Å²) in [6.45, 7) is 6.41. The predicted molar refractivity (Wildman–Crippen MR) is 281 cm³/mol. The van der Waals surface area contributed by atoms with Crippen LogP contribution in [-0.4, -0.2) is 9.55 Å². The second-order valence-electron chi connectivity index (χ2n) is 17.7. The molecule has 0 saturated heterocycles. The maximum absolute atomic E-state index is 5.69. The first kappa shape index (κ1) is 37.3. The van der Waals surface area contributed by atoms with Crippen molar-refractivity contribution in [3.8, 4) is 50.3 Å². The first-order chi connectivity index (χ1) is 32.7. The monoisotopic (exact) mass is 856 g/mol. The van der Waals surface area contributed by atoms with Crippen molar-refractivity contribution in [2.75, 3.05) is 0 Å². The van der Waals surface area contributed by atoms with Gasteiger partial charge in [0.25, 0.3) is 0 Å². The lowest BCUT2D eigenvalue weighted by Gasteiger charge is -2.30. The third-order valence-corrected chi connectivity index (χ3v) is 15.7. The number of para-hydroxylation sites is 2. The zero-order valence-corrected chi connectivity index (χ0v) is 37.0. The molecular weight excluding hydrogens is 817 g/mol. The summed E-state index contributed by atoms with van der Waals surface area (Å²) < 4.78 is 4.90. The van der Waals surface area contributed by atoms with Crippen LogP contribution < -0.4 is 0 Å². The molecule has 0 amide bonds. The van der Waals surface area contributed by atoms with E-state index in [0.717, 1.165) is 44.6 Å². The Morgan fingerprint density at radius 1 is 0.515 bits per heavy atom. The van der Waals surface area contributed by atoms with Crippen molar-refractivity contribution in [2.24, 2.45) is 0 Å². The van der Waals surface area contributed by atoms with Gasteiger partial charge in [-0.25, -0.2) is 4.98 Å². The van der Waals surface area contributed by atoms with Gasteiger partial charge in [0, 0.05) is 64.1 Å². The zero-order valence-electron chi connectivity index (χ0n) is 36.2. The fourth-order valence-corrected chi connectivity index (χ4v) is 13.2. The number of allylic oxidation sites excluding steroid dienone is 1. The lowest BCUT2D eigenvalue weighted by molar-refractivity contribution is 0.794. The van der Waals surface area contributed by atoms with Crippen LogP contribution in [0.3, 0.4) is 0 Å². The molecule has 308 valence electrons. The van der Waals surface area contributed by atoms with Gasteiger partial charge in [0.1, 0.15) is 0 Å². The Hall–Kier alpha value is -8.11. The third-order valence-electron chi connectivity index (χ3n) is 14.5. The van der Waals surface area contributed by atoms with Crippen LogP contribution >= 0.6 is 11.3 Å². The molecule has 14 rings (SSSR count). The number of hydrogen-bond donors (Lipinski definition) is 0. The van der Waals surface area contributed by atoms with Crippen molar-refractivity contribution in [2.45, 2.75) is 12.3 Å². The highest BCUT2D eigenvalue weighted by atomic mass is 32.1. The Morgan fingerprint density at radius 2 is 1.14 bits per heavy atom. The first-order valence-electron chi connectivity index (χ1n) is 22.8. The Bertz CT molecular complexity index is 4020. The van der Waals surface area contributed by atoms with Crippen molar-refractivity contribution in [1.82, 2.24) is 9.55 Å². The average Bonchev–Trinajstić information content (AvgIpc) is 4.10. The minimum Gasteiger partial charge on any atom is -0.309 e. The zero-order chi connectivity index (χ0) is 43.7. The maximum atomic E-state index is 5.69. The predicted octanol–water partition coefficient (Wildman–Crippen LogP) is 17.1. The highest BCUT2D eigenvalue weighted by molar-refractivity contribution is 7.26. The van der Waals surface area contributed by atoms with Gasteiger partial charge in [-0.1, -0.05) is 164 Å². The normalized spacial score (nSPS) is 13.3. The van der Waals surface area contributed by atoms with Gasteiger partial charge >= 0.3 is 0 Å². The van der Waals surface area contributed by atoms with Crippen molar-refractivity contribution < 1.29 is 0 Å². The molecule has 9 aromatic carbocycles. The van der Waals surface area contributed by atoms with E-state index in [9.17, 15) is 0 Å². The average molecular weight is 857 g/mol. The second kappa shape index (κ2) is 13.9. The van der Waals surface area contributed by atoms with E-state index >= 15 is 0 Å². The highest BCUT2D eigenvalue weighted by Gasteiger charge is 2.51. The molecule has 0 atom stereocenters. The SMILES string of the molecule is C=Cc1c(/C=C\C)c2cc(-c3cc4c(-c5ccc6c(c5)C5(c7ccccc7-c7ccccc75)c5ccccc5-6)nc5ccccc5c4c4c3sc3ccccc34)ccc2n1-c1ccccc1. The van der Waals surface area contributed by atoms with Gasteiger partial charge in [-0.3, -0.25) is 0 Å². The van der Waals surface area contributed by atoms with Crippen molar-refractivity contribution in [1.29, 1.82) is 0 Å². The summed E-state index contributed by atoms with van der Waals surface area (Å²) in [5.41, 5.74) is 20.1. The molecule has 1 spiro atoms. The van der Waals surface area contributed by atoms with Crippen molar-refractivity contribution in [3.63, 3.8) is 0 Å². The van der Waals surface area contributed by atoms with E-state index in [0.29, 0.717) is 0 Å². The highest BCUT2D eigenvalue weighted by Crippen LogP contribution is 2.63. The quantitative estimate of drug-likeness (QED) is 0.158. The van der Waals surface area contributed by atoms with Crippen molar-refractivity contribution in [3.05, 3.63) is 240 Å². The molecule has 0 bridgehead atoms. The number of nitrogens with zero attached hydrogens (tertiary/aromatic N) is 2. The van der Waals surface area contributed by atoms with E-state index in [1.807, 2.05) is 17.4 Å². The van der Waals surface area contributed by atoms with E-state index in [2.05, 4.69) is 224 Å². The number of thiophene rings is 1. The number of pyridine rings is 1. The lowest BCUT2D eigenvalue weighted by atomic mass is 9.70. The van der Waals surface area contributed by atoms with Gasteiger partial charge in [-0.15, -0.1) is 11.3 Å². The van der Waals surface area contributed by atoms with Crippen LogP contribution in [0, 0.1) is 0 Å². The summed E-state index contributed by atoms with van der Waals surface area (Å²) in [6.07, 6.45) is 6.36. The molecule has 3 aromatic heterocycles. The first-order valence-corrected chi connectivity index (χ1v) is 23.6. The molecule has 3 heterocycles. The molecular formula is C63H40N2S. The van der Waals surface area contributed by atoms with Gasteiger partial charge < -0.3 is 4.57 Å². The van der Waals surface area contributed by atoms with E-state index in [-0.39, 0.29) is 0 Å². The van der Waals surface area contributed by atoms with Crippen LogP contribution in [0.2, 0.25) is 0 Å². The molecule has 0 radical (unpaired) electrons. The summed E-state index contributed by atoms with van der Waals surface area (Å²) >= 11 is 1.89. The van der Waals surface area contributed by atoms with Crippen LogP contribution in [0.15, 0.2) is 207 Å². The fourth-order valence-electron chi connectivity index (χ4n) is 11.9. The smallest absolute Gasteiger partial charge is 0.0788 e. The fraction of sp³-hybridized carbons (Fsp3) is 0.0317. The Kier molecular flexibility index (Phi) is 7.88. The number of fused-ring (bicyclic) bond motifs is 18. The largest absolute Gasteiger partial charge is 0.309 e. The Labute approximate surface area is 386 Å². The van der Waals surface area contributed by atoms with Gasteiger partial charge in [-0.05, 0) is 112 Å². The molecule has 0 N–H and O–H groups in total. The van der Waals surface area contributed by atoms with Gasteiger partial charge in [0.05, 0.1) is 27.8 Å². The minimum atomic E-state index is -0.454. The summed E-state index contributed by atoms with van der Waals surface area (Å²) in [4.78, 5) is 5.69. The third kappa shape index (κ3) is 4.87. The number of rotatable bonds is 5. The number of benzene rings is 9. The molecule has 0 fully saturated rings. The summed E-state index contributed by atoms with van der Waals surface area (Å²) in [7, 11) is 0. The molecule has 2 aliphatic carbocycles. The van der Waals surface area contributed by atoms with Crippen molar-refractivity contribution >= 4 is 76.2 Å². The number of hydrogen-bond acceptors (Lipinski definition) is 2. The minimum absolute atomic E-state index is 0.454. The Balaban J connectivity index is 1.09. The van der Waals surface area contributed by atoms with Gasteiger partial charge in [0.15, 0.2) is 0 Å².